The minimum Gasteiger partial charge on any atom is -0.481 e. The van der Waals surface area contributed by atoms with Crippen LogP contribution in [-0.2, 0) is 11.2 Å². The van der Waals surface area contributed by atoms with Crippen LogP contribution in [0.3, 0.4) is 0 Å². The van der Waals surface area contributed by atoms with Gasteiger partial charge in [-0.2, -0.15) is 0 Å². The fourth-order valence-corrected chi connectivity index (χ4v) is 2.73. The highest BCUT2D eigenvalue weighted by molar-refractivity contribution is 7.80. The first-order valence-corrected chi connectivity index (χ1v) is 7.27. The fourth-order valence-electron chi connectivity index (χ4n) is 2.56. The van der Waals surface area contributed by atoms with E-state index < -0.39 is 11.9 Å². The summed E-state index contributed by atoms with van der Waals surface area (Å²) >= 11 is 4.87. The lowest BCUT2D eigenvalue weighted by atomic mass is 9.97. The zero-order chi connectivity index (χ0) is 15.4. The summed E-state index contributed by atoms with van der Waals surface area (Å²) in [5, 5.41) is 9.09. The Morgan fingerprint density at radius 3 is 2.86 bits per heavy atom. The molecule has 2 rings (SSSR count). The molecule has 112 valence electrons. The molecule has 1 aromatic carbocycles. The van der Waals surface area contributed by atoms with Crippen LogP contribution in [0.15, 0.2) is 24.3 Å². The summed E-state index contributed by atoms with van der Waals surface area (Å²) in [6.45, 7) is 0.871. The van der Waals surface area contributed by atoms with E-state index in [0.29, 0.717) is 29.9 Å². The molecule has 6 heteroatoms. The lowest BCUT2D eigenvalue weighted by Gasteiger charge is -2.30. The molecular formula is C15H18N2O3S. The van der Waals surface area contributed by atoms with E-state index in [9.17, 15) is 9.59 Å². The van der Waals surface area contributed by atoms with Gasteiger partial charge in [0.25, 0.3) is 5.91 Å². The van der Waals surface area contributed by atoms with E-state index in [1.165, 1.54) is 0 Å². The maximum absolute atomic E-state index is 12.5. The van der Waals surface area contributed by atoms with Gasteiger partial charge in [-0.3, -0.25) is 9.59 Å². The summed E-state index contributed by atoms with van der Waals surface area (Å²) in [6.07, 6.45) is 1.80. The molecule has 1 saturated heterocycles. The number of hydrogen-bond acceptors (Lipinski definition) is 3. The van der Waals surface area contributed by atoms with Gasteiger partial charge in [-0.25, -0.2) is 0 Å². The third-order valence-corrected chi connectivity index (χ3v) is 3.75. The lowest BCUT2D eigenvalue weighted by molar-refractivity contribution is -0.143. The van der Waals surface area contributed by atoms with Gasteiger partial charge in [-0.1, -0.05) is 24.4 Å². The van der Waals surface area contributed by atoms with Crippen molar-refractivity contribution in [1.82, 2.24) is 4.90 Å². The predicted molar refractivity (Wildman–Crippen MR) is 83.2 cm³/mol. The molecule has 0 saturated carbocycles. The highest BCUT2D eigenvalue weighted by Crippen LogP contribution is 2.19. The van der Waals surface area contributed by atoms with Crippen LogP contribution in [0.5, 0.6) is 0 Å². The molecule has 1 heterocycles. The van der Waals surface area contributed by atoms with Gasteiger partial charge in [0.05, 0.1) is 10.9 Å². The summed E-state index contributed by atoms with van der Waals surface area (Å²) in [7, 11) is 0. The monoisotopic (exact) mass is 306 g/mol. The van der Waals surface area contributed by atoms with Gasteiger partial charge in [-0.05, 0) is 30.5 Å². The van der Waals surface area contributed by atoms with Crippen LogP contribution >= 0.6 is 12.2 Å². The normalized spacial score (nSPS) is 18.3. The maximum atomic E-state index is 12.5. The van der Waals surface area contributed by atoms with Crippen LogP contribution in [0.25, 0.3) is 0 Å². The number of benzene rings is 1. The van der Waals surface area contributed by atoms with Crippen molar-refractivity contribution in [3.05, 3.63) is 35.4 Å². The van der Waals surface area contributed by atoms with Crippen molar-refractivity contribution < 1.29 is 14.7 Å². The van der Waals surface area contributed by atoms with Crippen molar-refractivity contribution in [3.63, 3.8) is 0 Å². The maximum Gasteiger partial charge on any atom is 0.308 e. The number of carbonyl (C=O) groups excluding carboxylic acids is 1. The van der Waals surface area contributed by atoms with Gasteiger partial charge < -0.3 is 15.7 Å². The van der Waals surface area contributed by atoms with Crippen molar-refractivity contribution in [1.29, 1.82) is 0 Å². The Hall–Kier alpha value is -1.95. The Balaban J connectivity index is 2.12. The van der Waals surface area contributed by atoms with E-state index >= 15 is 0 Å². The molecule has 0 spiro atoms. The van der Waals surface area contributed by atoms with E-state index in [4.69, 9.17) is 23.1 Å². The molecule has 1 atom stereocenters. The number of thiocarbonyl (C=S) groups is 1. The first-order chi connectivity index (χ1) is 9.97. The van der Waals surface area contributed by atoms with Gasteiger partial charge in [0, 0.05) is 25.1 Å². The molecule has 1 aliphatic rings. The average molecular weight is 306 g/mol. The topological polar surface area (TPSA) is 83.6 Å². The molecule has 1 unspecified atom stereocenters. The molecule has 0 bridgehead atoms. The van der Waals surface area contributed by atoms with Crippen molar-refractivity contribution >= 4 is 29.1 Å². The molecule has 1 fully saturated rings. The Morgan fingerprint density at radius 1 is 1.43 bits per heavy atom. The van der Waals surface area contributed by atoms with Crippen LogP contribution in [0.4, 0.5) is 0 Å². The van der Waals surface area contributed by atoms with Crippen LogP contribution in [-0.4, -0.2) is 40.0 Å². The number of nitrogens with two attached hydrogens (primary N) is 1. The van der Waals surface area contributed by atoms with Crippen LogP contribution in [0, 0.1) is 5.92 Å². The second-order valence-corrected chi connectivity index (χ2v) is 5.80. The number of likely N-dealkylation sites (tertiary alicyclic amines) is 1. The Kier molecular flexibility index (Phi) is 4.90. The molecule has 0 aliphatic carbocycles. The van der Waals surface area contributed by atoms with Gasteiger partial charge in [0.15, 0.2) is 0 Å². The summed E-state index contributed by atoms with van der Waals surface area (Å²) in [4.78, 5) is 25.5. The molecule has 1 aliphatic heterocycles. The smallest absolute Gasteiger partial charge is 0.308 e. The largest absolute Gasteiger partial charge is 0.481 e. The van der Waals surface area contributed by atoms with Crippen LogP contribution < -0.4 is 5.73 Å². The molecular weight excluding hydrogens is 288 g/mol. The predicted octanol–water partition coefficient (Wildman–Crippen LogP) is 1.45. The molecule has 21 heavy (non-hydrogen) atoms. The Morgan fingerprint density at radius 2 is 2.19 bits per heavy atom. The average Bonchev–Trinajstić information content (AvgIpc) is 2.46. The highest BCUT2D eigenvalue weighted by atomic mass is 32.1. The van der Waals surface area contributed by atoms with E-state index in [2.05, 4.69) is 0 Å². The van der Waals surface area contributed by atoms with E-state index in [1.54, 1.807) is 23.1 Å². The fraction of sp³-hybridized carbons (Fsp3) is 0.400. The van der Waals surface area contributed by atoms with Gasteiger partial charge in [0.2, 0.25) is 0 Å². The number of carbonyl (C=O) groups is 2. The van der Waals surface area contributed by atoms with Crippen LogP contribution in [0.2, 0.25) is 0 Å². The number of amides is 1. The molecule has 1 aromatic rings. The number of carboxylic acid groups (broad SMARTS) is 1. The molecule has 1 amide bonds. The standard InChI is InChI=1S/C15H18N2O3S/c16-13(21)8-10-3-1-4-11(7-10)14(18)17-6-2-5-12(9-17)15(19)20/h1,3-4,7,12H,2,5-6,8-9H2,(H2,16,21)(H,19,20). The number of carboxylic acids is 1. The quantitative estimate of drug-likeness (QED) is 0.823. The summed E-state index contributed by atoms with van der Waals surface area (Å²) in [5.74, 6) is -1.44. The first kappa shape index (κ1) is 15.4. The number of nitrogens with zero attached hydrogens (tertiary/aromatic N) is 1. The second-order valence-electron chi connectivity index (χ2n) is 5.27. The van der Waals surface area contributed by atoms with Gasteiger partial charge in [0.1, 0.15) is 0 Å². The third-order valence-electron chi connectivity index (χ3n) is 3.61. The number of aliphatic carboxylic acids is 1. The van der Waals surface area contributed by atoms with Crippen molar-refractivity contribution in [2.24, 2.45) is 11.7 Å². The van der Waals surface area contributed by atoms with Gasteiger partial charge in [-0.15, -0.1) is 0 Å². The first-order valence-electron chi connectivity index (χ1n) is 6.86. The number of piperidine rings is 1. The SMILES string of the molecule is NC(=S)Cc1cccc(C(=O)N2CCCC(C(=O)O)C2)c1. The van der Waals surface area contributed by atoms with Crippen molar-refractivity contribution in [2.75, 3.05) is 13.1 Å². The second kappa shape index (κ2) is 6.67. The van der Waals surface area contributed by atoms with E-state index in [1.807, 2.05) is 6.07 Å². The summed E-state index contributed by atoms with van der Waals surface area (Å²) in [5.41, 5.74) is 6.96. The number of hydrogen-bond donors (Lipinski definition) is 2. The Bertz CT molecular complexity index is 574. The Labute approximate surface area is 128 Å². The van der Waals surface area contributed by atoms with Gasteiger partial charge >= 0.3 is 5.97 Å². The third kappa shape index (κ3) is 4.01. The summed E-state index contributed by atoms with van der Waals surface area (Å²) < 4.78 is 0. The van der Waals surface area contributed by atoms with E-state index in [0.717, 1.165) is 12.0 Å². The minimum atomic E-state index is -0.838. The molecule has 0 radical (unpaired) electrons. The zero-order valence-corrected chi connectivity index (χ0v) is 12.4. The minimum absolute atomic E-state index is 0.134. The highest BCUT2D eigenvalue weighted by Gasteiger charge is 2.28. The van der Waals surface area contributed by atoms with Crippen LogP contribution in [0.1, 0.15) is 28.8 Å². The van der Waals surface area contributed by atoms with Crippen molar-refractivity contribution in [3.8, 4) is 0 Å². The molecule has 3 N–H and O–H groups in total. The van der Waals surface area contributed by atoms with Crippen molar-refractivity contribution in [2.45, 2.75) is 19.3 Å². The molecule has 0 aromatic heterocycles. The number of rotatable bonds is 4. The molecule has 5 nitrogen and oxygen atoms in total. The lowest BCUT2D eigenvalue weighted by Crippen LogP contribution is -2.42. The summed E-state index contributed by atoms with van der Waals surface area (Å²) in [6, 6.07) is 7.16. The zero-order valence-electron chi connectivity index (χ0n) is 11.6. The van der Waals surface area contributed by atoms with E-state index in [-0.39, 0.29) is 12.5 Å².